The number of rotatable bonds is 30. The molecule has 0 bridgehead atoms. The molecule has 14 amide bonds. The molecule has 7 rings (SSSR count). The van der Waals surface area contributed by atoms with Crippen LogP contribution in [0.25, 0.3) is 21.2 Å². The van der Waals surface area contributed by atoms with Crippen LogP contribution in [-0.4, -0.2) is 191 Å². The number of azide groups is 1. The molecule has 2 fully saturated rings. The zero-order chi connectivity index (χ0) is 80.7. The maximum atomic E-state index is 15.2. The van der Waals surface area contributed by atoms with Gasteiger partial charge in [-0.05, 0) is 119 Å². The van der Waals surface area contributed by atoms with Crippen LogP contribution in [0.3, 0.4) is 0 Å². The molecule has 2 aliphatic rings. The number of hydrogen-bond acceptors (Lipinski definition) is 17. The lowest BCUT2D eigenvalue weighted by Gasteiger charge is -2.31. The molecule has 36 heteroatoms. The topological polar surface area (TPSA) is 550 Å². The summed E-state index contributed by atoms with van der Waals surface area (Å²) in [5, 5.41) is 44.6. The highest BCUT2D eigenvalue weighted by atomic mass is 35.5. The Morgan fingerprint density at radius 1 is 0.658 bits per heavy atom. The van der Waals surface area contributed by atoms with Gasteiger partial charge in [-0.2, -0.15) is 0 Å². The molecule has 0 radical (unpaired) electrons. The minimum absolute atomic E-state index is 0.000201. The number of guanidine groups is 1. The summed E-state index contributed by atoms with van der Waals surface area (Å²) in [6.45, 7) is 4.24. The Hall–Kier alpha value is -12.1. The minimum atomic E-state index is -2.09. The molecule has 5 aromatic rings. The van der Waals surface area contributed by atoms with E-state index in [0.29, 0.717) is 33.7 Å². The quantitative estimate of drug-likeness (QED) is 0.00700. The summed E-state index contributed by atoms with van der Waals surface area (Å²) >= 11 is 6.25. The number of hydrogen-bond donors (Lipinski definition) is 16. The molecule has 0 spiro atoms. The van der Waals surface area contributed by atoms with Crippen LogP contribution in [0.1, 0.15) is 107 Å². The van der Waals surface area contributed by atoms with Crippen LogP contribution in [-0.2, 0) is 92.8 Å². The Kier molecular flexibility index (Phi) is 33.5. The van der Waals surface area contributed by atoms with Crippen LogP contribution >= 0.6 is 11.6 Å². The molecule has 11 atom stereocenters. The summed E-state index contributed by atoms with van der Waals surface area (Å²) in [6.07, 6.45) is -0.234. The van der Waals surface area contributed by atoms with E-state index in [1.807, 2.05) is 36.4 Å². The number of primary amides is 1. The normalized spacial score (nSPS) is 19.3. The third-order valence-corrected chi connectivity index (χ3v) is 18.7. The monoisotopic (exact) mass is 1550 g/mol. The van der Waals surface area contributed by atoms with E-state index in [2.05, 4.69) is 78.8 Å². The first-order chi connectivity index (χ1) is 53.1. The molecule has 111 heavy (non-hydrogen) atoms. The fourth-order valence-corrected chi connectivity index (χ4v) is 12.9. The van der Waals surface area contributed by atoms with Crippen LogP contribution in [0.5, 0.6) is 0 Å². The van der Waals surface area contributed by atoms with Crippen LogP contribution in [0, 0.1) is 11.3 Å². The number of fused-ring (bicyclic) bond motifs is 1. The van der Waals surface area contributed by atoms with Crippen molar-refractivity contribution in [3.8, 4) is 0 Å². The maximum Gasteiger partial charge on any atom is 0.245 e. The number of pyridine rings is 1. The number of benzene rings is 4. The summed E-state index contributed by atoms with van der Waals surface area (Å²) in [7, 11) is 0. The first kappa shape index (κ1) is 86.1. The number of nitrogens with two attached hydrogens (primary N) is 3. The molecule has 2 aliphatic heterocycles. The first-order valence-electron chi connectivity index (χ1n) is 36.5. The standard InChI is InChI=1S/C75H96ClN21O14/c1-42(2)33-54-68(105)89-53(74(111)97-32-12-20-61(97)73(110)94-60(40-77)64(78)101)19-11-30-83-65(102)55(35-44-13-5-4-6-14-44)86-62(99)28-27-52(67(104)87-51(66(103)90-54)18-10-31-84-75(79)80)88-72(109)59(39-63(100)95-96-81)93-71(108)58(38-47-15-9-29-82-41-47)92-70(107)57(36-45-22-25-50(76)26-23-45)91-69(106)56(85-43(3)98)37-46-21-24-48-16-7-8-17-49(48)34-46/h4-9,13-17,21-26,29,34,41-42,51-61H,10-12,18-20,27-28,30-33,35-40,77H2,1-3H3,(H2,78,101)(H,83,102)(H,85,98)(H,86,99)(H,87,104)(H,88,109)(H,89,105)(H,90,103)(H,91,106)(H,92,107)(H,93,108)(H,94,110)(H4,79,80,84)/t51-,52+,53+,54+,55+,56-,57-,58-,59+,60?,61+/m1/s1. The van der Waals surface area contributed by atoms with Crippen molar-refractivity contribution in [1.29, 1.82) is 5.41 Å². The van der Waals surface area contributed by atoms with E-state index in [1.54, 1.807) is 80.6 Å². The second-order valence-electron chi connectivity index (χ2n) is 27.5. The van der Waals surface area contributed by atoms with Gasteiger partial charge in [-0.15, -0.1) is 0 Å². The third kappa shape index (κ3) is 27.8. The van der Waals surface area contributed by atoms with E-state index in [0.717, 1.165) is 10.8 Å². The Morgan fingerprint density at radius 2 is 1.28 bits per heavy atom. The highest BCUT2D eigenvalue weighted by Gasteiger charge is 2.41. The minimum Gasteiger partial charge on any atom is -0.370 e. The summed E-state index contributed by atoms with van der Waals surface area (Å²) < 4.78 is 0. The highest BCUT2D eigenvalue weighted by Crippen LogP contribution is 2.23. The molecule has 1 aromatic heterocycles. The van der Waals surface area contributed by atoms with Crippen molar-refractivity contribution in [2.75, 3.05) is 26.2 Å². The molecule has 1 unspecified atom stereocenters. The smallest absolute Gasteiger partial charge is 0.245 e. The SMILES string of the molecule is CC(=O)N[C@H](Cc1ccc2ccccc2c1)C(=O)N[C@H](Cc1ccc(Cl)cc1)C(=O)N[C@H](Cc1cccnc1)C(=O)N[C@@H](CC(=O)N=[N+]=[N-])C(=O)N[C@H]1CCC(=O)N[C@@H](Cc2ccccc2)C(=O)NCCC[C@@H](C(=O)N2CCC[C@H]2C(=O)NC(CN)C(N)=O)NC(=O)[C@H](CC(C)C)NC(=O)[C@@H](CCCNC(=N)N)NC1=O. The number of nitrogens with one attached hydrogen (secondary N) is 13. The fraction of sp³-hybridized carbons (Fsp3) is 0.440. The number of amides is 14. The molecule has 35 nitrogen and oxygen atoms in total. The fourth-order valence-electron chi connectivity index (χ4n) is 12.8. The molecule has 0 saturated carbocycles. The van der Waals surface area contributed by atoms with Crippen LogP contribution in [0.4, 0.5) is 0 Å². The van der Waals surface area contributed by atoms with Crippen LogP contribution in [0.2, 0.25) is 5.02 Å². The highest BCUT2D eigenvalue weighted by molar-refractivity contribution is 6.30. The van der Waals surface area contributed by atoms with Gasteiger partial charge in [0, 0.05) is 94.0 Å². The second-order valence-corrected chi connectivity index (χ2v) is 28.0. The van der Waals surface area contributed by atoms with Crippen molar-refractivity contribution in [3.63, 3.8) is 0 Å². The van der Waals surface area contributed by atoms with E-state index in [1.165, 1.54) is 30.3 Å². The van der Waals surface area contributed by atoms with Crippen molar-refractivity contribution in [1.82, 2.24) is 73.7 Å². The Balaban J connectivity index is 1.23. The Labute approximate surface area is 645 Å². The van der Waals surface area contributed by atoms with E-state index in [9.17, 15) is 53.5 Å². The van der Waals surface area contributed by atoms with Crippen molar-refractivity contribution in [2.24, 2.45) is 28.2 Å². The van der Waals surface area contributed by atoms with E-state index >= 15 is 19.2 Å². The van der Waals surface area contributed by atoms with E-state index in [4.69, 9.17) is 34.2 Å². The van der Waals surface area contributed by atoms with Gasteiger partial charge in [0.1, 0.15) is 66.5 Å². The van der Waals surface area contributed by atoms with Gasteiger partial charge in [-0.25, -0.2) is 0 Å². The molecule has 3 heterocycles. The van der Waals surface area contributed by atoms with Gasteiger partial charge >= 0.3 is 0 Å². The zero-order valence-electron chi connectivity index (χ0n) is 61.8. The molecule has 19 N–H and O–H groups in total. The van der Waals surface area contributed by atoms with Gasteiger partial charge in [0.05, 0.1) is 0 Å². The molecular formula is C75H96ClN21O14. The summed E-state index contributed by atoms with van der Waals surface area (Å²) in [4.78, 5) is 208. The summed E-state index contributed by atoms with van der Waals surface area (Å²) in [5.41, 5.74) is 28.3. The number of aromatic nitrogens is 1. The lowest BCUT2D eigenvalue weighted by atomic mass is 9.99. The summed E-state index contributed by atoms with van der Waals surface area (Å²) in [6, 6.07) is 14.3. The zero-order valence-corrected chi connectivity index (χ0v) is 62.5. The Morgan fingerprint density at radius 3 is 1.92 bits per heavy atom. The van der Waals surface area contributed by atoms with Crippen molar-refractivity contribution < 1.29 is 67.1 Å². The molecule has 0 aliphatic carbocycles. The third-order valence-electron chi connectivity index (χ3n) is 18.4. The average Bonchev–Trinajstić information content (AvgIpc) is 1.76. The van der Waals surface area contributed by atoms with E-state index < -0.39 is 174 Å². The number of carbonyl (C=O) groups is 14. The number of carbonyl (C=O) groups excluding carboxylic acids is 14. The van der Waals surface area contributed by atoms with E-state index in [-0.39, 0.29) is 96.3 Å². The maximum absolute atomic E-state index is 15.2. The van der Waals surface area contributed by atoms with Crippen molar-refractivity contribution in [3.05, 3.63) is 159 Å². The van der Waals surface area contributed by atoms with Gasteiger partial charge in [0.15, 0.2) is 5.96 Å². The predicted octanol–water partition coefficient (Wildman–Crippen LogP) is -0.312. The number of nitrogens with zero attached hydrogens (tertiary/aromatic N) is 5. The molecule has 4 aromatic carbocycles. The molecule has 2 saturated heterocycles. The number of halogens is 1. The average molecular weight is 1550 g/mol. The lowest BCUT2D eigenvalue weighted by molar-refractivity contribution is -0.142. The van der Waals surface area contributed by atoms with Crippen LogP contribution in [0.15, 0.2) is 127 Å². The van der Waals surface area contributed by atoms with Gasteiger partial charge in [0.2, 0.25) is 82.7 Å². The molecular weight excluding hydrogens is 1450 g/mol. The van der Waals surface area contributed by atoms with Gasteiger partial charge in [-0.3, -0.25) is 77.5 Å². The second kappa shape index (κ2) is 43.2. The summed E-state index contributed by atoms with van der Waals surface area (Å²) in [5.74, 6) is -13.8. The Bertz CT molecular complexity index is 4210. The lowest BCUT2D eigenvalue weighted by Crippen LogP contribution is -2.61. The van der Waals surface area contributed by atoms with Crippen molar-refractivity contribution >= 4 is 111 Å². The van der Waals surface area contributed by atoms with Gasteiger partial charge < -0.3 is 85.9 Å². The first-order valence-corrected chi connectivity index (χ1v) is 36.8. The van der Waals surface area contributed by atoms with Crippen LogP contribution < -0.4 is 81.0 Å². The largest absolute Gasteiger partial charge is 0.370 e. The number of likely N-dealkylation sites (tertiary alicyclic amines) is 1. The predicted molar refractivity (Wildman–Crippen MR) is 408 cm³/mol. The van der Waals surface area contributed by atoms with Gasteiger partial charge in [-0.1, -0.05) is 116 Å². The molecule has 592 valence electrons. The van der Waals surface area contributed by atoms with Gasteiger partial charge in [0.25, 0.3) is 0 Å². The van der Waals surface area contributed by atoms with Crippen molar-refractivity contribution in [2.45, 2.75) is 177 Å².